The van der Waals surface area contributed by atoms with Crippen molar-refractivity contribution in [3.63, 3.8) is 0 Å². The molecular weight excluding hydrogens is 232 g/mol. The van der Waals surface area contributed by atoms with Crippen molar-refractivity contribution in [2.24, 2.45) is 5.92 Å². The van der Waals surface area contributed by atoms with Gasteiger partial charge in [-0.2, -0.15) is 0 Å². The van der Waals surface area contributed by atoms with E-state index in [2.05, 4.69) is 32.1 Å². The number of benzene rings is 1. The van der Waals surface area contributed by atoms with Gasteiger partial charge in [0, 0.05) is 10.2 Å². The van der Waals surface area contributed by atoms with Gasteiger partial charge >= 0.3 is 0 Å². The molecule has 2 aliphatic carbocycles. The lowest BCUT2D eigenvalue weighted by Gasteiger charge is -2.15. The fourth-order valence-corrected chi connectivity index (χ4v) is 4.57. The van der Waals surface area contributed by atoms with Crippen molar-refractivity contribution < 1.29 is 0 Å². The van der Waals surface area contributed by atoms with Crippen LogP contribution in [0.4, 0.5) is 0 Å². The Kier molecular flexibility index (Phi) is 3.19. The molecule has 0 fully saturated rings. The molecule has 0 spiro atoms. The van der Waals surface area contributed by atoms with Crippen molar-refractivity contribution in [2.75, 3.05) is 0 Å². The van der Waals surface area contributed by atoms with Crippen molar-refractivity contribution in [1.82, 2.24) is 0 Å². The zero-order chi connectivity index (χ0) is 12.7. The fraction of sp³-hybridized carbons (Fsp3) is 0.529. The number of rotatable bonds is 3. The second-order valence-corrected chi connectivity index (χ2v) is 7.41. The summed E-state index contributed by atoms with van der Waals surface area (Å²) < 4.78 is 0. The molecule has 0 radical (unpaired) electrons. The Morgan fingerprint density at radius 3 is 2.72 bits per heavy atom. The maximum atomic E-state index is 2.58. The molecule has 0 nitrogen and oxygen atoms in total. The summed E-state index contributed by atoms with van der Waals surface area (Å²) in [5.74, 6) is 0.743. The molecule has 1 aromatic rings. The molecule has 1 aromatic carbocycles. The Hall–Kier alpha value is -0.823. The van der Waals surface area contributed by atoms with E-state index in [1.54, 1.807) is 27.8 Å². The van der Waals surface area contributed by atoms with Crippen LogP contribution in [0.2, 0.25) is 0 Å². The van der Waals surface area contributed by atoms with Gasteiger partial charge in [-0.3, -0.25) is 0 Å². The standard InChI is InChI=1S/C17H24Si/c1-3-5-11(2)14-10-17(18)16-9-13-7-4-6-12(13)8-15(14)16/h8-11,17H,3-7H2,1-2,18H3. The van der Waals surface area contributed by atoms with Gasteiger partial charge in [0.25, 0.3) is 0 Å². The second-order valence-electron chi connectivity index (χ2n) is 6.16. The summed E-state index contributed by atoms with van der Waals surface area (Å²) in [5, 5.41) is 0. The Bertz CT molecular complexity index is 499. The summed E-state index contributed by atoms with van der Waals surface area (Å²) in [6.07, 6.45) is 9.20. The number of aryl methyl sites for hydroxylation is 2. The molecule has 2 atom stereocenters. The monoisotopic (exact) mass is 256 g/mol. The highest BCUT2D eigenvalue weighted by Crippen LogP contribution is 2.42. The maximum absolute atomic E-state index is 2.58. The predicted molar refractivity (Wildman–Crippen MR) is 83.2 cm³/mol. The lowest BCUT2D eigenvalue weighted by atomic mass is 9.90. The molecule has 1 heteroatoms. The lowest BCUT2D eigenvalue weighted by molar-refractivity contribution is 0.650. The van der Waals surface area contributed by atoms with Gasteiger partial charge in [-0.15, -0.1) is 0 Å². The van der Waals surface area contributed by atoms with E-state index < -0.39 is 0 Å². The first-order valence-electron chi connectivity index (χ1n) is 7.58. The molecule has 18 heavy (non-hydrogen) atoms. The van der Waals surface area contributed by atoms with Crippen LogP contribution in [-0.2, 0) is 12.8 Å². The third-order valence-corrected chi connectivity index (χ3v) is 5.70. The van der Waals surface area contributed by atoms with Crippen molar-refractivity contribution in [3.8, 4) is 0 Å². The normalized spacial score (nSPS) is 22.8. The van der Waals surface area contributed by atoms with Crippen LogP contribution >= 0.6 is 0 Å². The highest BCUT2D eigenvalue weighted by Gasteiger charge is 2.25. The Morgan fingerprint density at radius 1 is 1.28 bits per heavy atom. The summed E-state index contributed by atoms with van der Waals surface area (Å²) in [5.41, 5.74) is 8.96. The largest absolute Gasteiger partial charge is 0.0766 e. The highest BCUT2D eigenvalue weighted by atomic mass is 28.1. The van der Waals surface area contributed by atoms with E-state index in [4.69, 9.17) is 0 Å². The van der Waals surface area contributed by atoms with Gasteiger partial charge in [0.05, 0.1) is 0 Å². The van der Waals surface area contributed by atoms with Gasteiger partial charge in [0.2, 0.25) is 0 Å². The second kappa shape index (κ2) is 4.69. The van der Waals surface area contributed by atoms with Crippen molar-refractivity contribution in [1.29, 1.82) is 0 Å². The molecule has 0 aliphatic heterocycles. The zero-order valence-corrected chi connectivity index (χ0v) is 13.9. The minimum absolute atomic E-state index is 0.743. The van der Waals surface area contributed by atoms with Crippen molar-refractivity contribution in [2.45, 2.75) is 51.5 Å². The topological polar surface area (TPSA) is 0 Å². The number of hydrogen-bond donors (Lipinski definition) is 0. The van der Waals surface area contributed by atoms with Crippen LogP contribution in [0, 0.1) is 5.92 Å². The van der Waals surface area contributed by atoms with Gasteiger partial charge < -0.3 is 0 Å². The Balaban J connectivity index is 2.01. The number of allylic oxidation sites excluding steroid dienone is 2. The molecule has 0 bridgehead atoms. The first-order valence-corrected chi connectivity index (χ1v) is 8.74. The molecule has 2 aliphatic rings. The van der Waals surface area contributed by atoms with Crippen molar-refractivity contribution in [3.05, 3.63) is 40.5 Å². The van der Waals surface area contributed by atoms with Crippen LogP contribution in [0.3, 0.4) is 0 Å². The van der Waals surface area contributed by atoms with Crippen LogP contribution in [0.5, 0.6) is 0 Å². The highest BCUT2D eigenvalue weighted by molar-refractivity contribution is 6.16. The number of fused-ring (bicyclic) bond motifs is 2. The SMILES string of the molecule is CCCC(C)C1=CC([SiH3])c2cc3c(cc21)CCC3. The summed E-state index contributed by atoms with van der Waals surface area (Å²) in [6, 6.07) is 5.07. The maximum Gasteiger partial charge on any atom is 0.0171 e. The van der Waals surface area contributed by atoms with Gasteiger partial charge in [0.15, 0.2) is 0 Å². The average Bonchev–Trinajstić information content (AvgIpc) is 2.92. The molecule has 0 heterocycles. The zero-order valence-electron chi connectivity index (χ0n) is 11.9. The van der Waals surface area contributed by atoms with E-state index in [1.165, 1.54) is 42.3 Å². The quantitative estimate of drug-likeness (QED) is 0.727. The fourth-order valence-electron chi connectivity index (χ4n) is 3.74. The Morgan fingerprint density at radius 2 is 2.00 bits per heavy atom. The smallest absolute Gasteiger partial charge is 0.0171 e. The summed E-state index contributed by atoms with van der Waals surface area (Å²) >= 11 is 0. The van der Waals surface area contributed by atoms with Gasteiger partial charge in [0.1, 0.15) is 0 Å². The Labute approximate surface area is 114 Å². The minimum Gasteiger partial charge on any atom is -0.0766 e. The lowest BCUT2D eigenvalue weighted by Crippen LogP contribution is -1.99. The van der Waals surface area contributed by atoms with Gasteiger partial charge in [-0.05, 0) is 65.0 Å². The predicted octanol–water partition coefficient (Wildman–Crippen LogP) is 3.42. The first kappa shape index (κ1) is 12.2. The van der Waals surface area contributed by atoms with E-state index in [1.807, 2.05) is 0 Å². The summed E-state index contributed by atoms with van der Waals surface area (Å²) in [7, 11) is 1.26. The van der Waals surface area contributed by atoms with E-state index in [-0.39, 0.29) is 0 Å². The van der Waals surface area contributed by atoms with Gasteiger partial charge in [-0.25, -0.2) is 0 Å². The van der Waals surface area contributed by atoms with Crippen LogP contribution < -0.4 is 0 Å². The molecule has 0 saturated carbocycles. The molecule has 3 rings (SSSR count). The average molecular weight is 256 g/mol. The van der Waals surface area contributed by atoms with E-state index in [9.17, 15) is 0 Å². The molecule has 96 valence electrons. The summed E-state index contributed by atoms with van der Waals surface area (Å²) in [4.78, 5) is 0. The van der Waals surface area contributed by atoms with E-state index in [0.29, 0.717) is 0 Å². The molecular formula is C17H24Si. The third kappa shape index (κ3) is 1.89. The van der Waals surface area contributed by atoms with Crippen LogP contribution in [-0.4, -0.2) is 10.2 Å². The number of hydrogen-bond acceptors (Lipinski definition) is 0. The van der Waals surface area contributed by atoms with Crippen LogP contribution in [0.25, 0.3) is 5.57 Å². The van der Waals surface area contributed by atoms with Gasteiger partial charge in [-0.1, -0.05) is 38.5 Å². The third-order valence-electron chi connectivity index (χ3n) is 4.75. The van der Waals surface area contributed by atoms with Crippen molar-refractivity contribution >= 4 is 15.8 Å². The van der Waals surface area contributed by atoms with E-state index >= 15 is 0 Å². The molecule has 0 saturated heterocycles. The van der Waals surface area contributed by atoms with Crippen LogP contribution in [0.1, 0.15) is 60.9 Å². The minimum atomic E-state index is 0.743. The molecule has 0 aromatic heterocycles. The summed E-state index contributed by atoms with van der Waals surface area (Å²) in [6.45, 7) is 4.71. The molecule has 2 unspecified atom stereocenters. The molecule has 0 N–H and O–H groups in total. The molecule has 0 amide bonds. The van der Waals surface area contributed by atoms with Crippen LogP contribution in [0.15, 0.2) is 18.2 Å². The first-order chi connectivity index (χ1) is 8.70. The van der Waals surface area contributed by atoms with E-state index in [0.717, 1.165) is 11.5 Å².